The lowest BCUT2D eigenvalue weighted by Crippen LogP contribution is -2.41. The Hall–Kier alpha value is -1.42. The first-order chi connectivity index (χ1) is 10.3. The summed E-state index contributed by atoms with van der Waals surface area (Å²) in [5.41, 5.74) is 0.850. The first-order valence-electron chi connectivity index (χ1n) is 7.19. The minimum Gasteiger partial charge on any atom is -0.598 e. The Kier molecular flexibility index (Phi) is 7.01. The minimum atomic E-state index is -1.26. The second-order valence-electron chi connectivity index (χ2n) is 5.76. The van der Waals surface area contributed by atoms with Crippen LogP contribution in [0, 0.1) is 11.3 Å². The van der Waals surface area contributed by atoms with Crippen LogP contribution in [-0.2, 0) is 11.4 Å². The molecule has 22 heavy (non-hydrogen) atoms. The summed E-state index contributed by atoms with van der Waals surface area (Å²) in [7, 11) is 1.58. The quantitative estimate of drug-likeness (QED) is 0.780. The van der Waals surface area contributed by atoms with Gasteiger partial charge in [-0.15, -0.1) is 4.72 Å². The zero-order valence-electron chi connectivity index (χ0n) is 13.8. The highest BCUT2D eigenvalue weighted by atomic mass is 32.2. The van der Waals surface area contributed by atoms with Crippen molar-refractivity contribution in [3.8, 4) is 17.6 Å². The molecule has 1 N–H and O–H groups in total. The van der Waals surface area contributed by atoms with E-state index < -0.39 is 16.1 Å². The summed E-state index contributed by atoms with van der Waals surface area (Å²) < 4.78 is 25.7. The van der Waals surface area contributed by atoms with Gasteiger partial charge in [-0.25, -0.2) is 0 Å². The first kappa shape index (κ1) is 18.6. The standard InChI is InChI=1S/C16H24N2O3S/c1-6-21-15-11-12(7-8-14(15)20-5)13(9-10-17)18-22(19)16(2,3)4/h7-8,11,13,18H,6,9H2,1-5H3/t13-,22-/m1/s1. The van der Waals surface area contributed by atoms with Gasteiger partial charge in [-0.05, 0) is 45.4 Å². The summed E-state index contributed by atoms with van der Waals surface area (Å²) in [4.78, 5) is 0. The Morgan fingerprint density at radius 3 is 2.55 bits per heavy atom. The molecule has 0 saturated carbocycles. The number of nitrogens with one attached hydrogen (secondary N) is 1. The van der Waals surface area contributed by atoms with Crippen molar-refractivity contribution < 1.29 is 14.0 Å². The van der Waals surface area contributed by atoms with Gasteiger partial charge in [0.1, 0.15) is 4.75 Å². The molecule has 0 heterocycles. The topological polar surface area (TPSA) is 77.3 Å². The van der Waals surface area contributed by atoms with Gasteiger partial charge in [0.2, 0.25) is 0 Å². The largest absolute Gasteiger partial charge is 0.598 e. The summed E-state index contributed by atoms with van der Waals surface area (Å²) in [5.74, 6) is 1.26. The van der Waals surface area contributed by atoms with Crippen molar-refractivity contribution in [2.45, 2.75) is 44.9 Å². The molecule has 1 aromatic carbocycles. The van der Waals surface area contributed by atoms with E-state index in [-0.39, 0.29) is 12.5 Å². The van der Waals surface area contributed by atoms with Gasteiger partial charge >= 0.3 is 0 Å². The van der Waals surface area contributed by atoms with E-state index in [1.807, 2.05) is 39.8 Å². The molecule has 0 bridgehead atoms. The van der Waals surface area contributed by atoms with Gasteiger partial charge in [0, 0.05) is 11.4 Å². The van der Waals surface area contributed by atoms with E-state index in [2.05, 4.69) is 10.8 Å². The Morgan fingerprint density at radius 1 is 1.36 bits per heavy atom. The van der Waals surface area contributed by atoms with Crippen LogP contribution < -0.4 is 14.2 Å². The summed E-state index contributed by atoms with van der Waals surface area (Å²) >= 11 is -1.26. The minimum absolute atomic E-state index is 0.222. The van der Waals surface area contributed by atoms with Crippen molar-refractivity contribution in [1.82, 2.24) is 4.72 Å². The van der Waals surface area contributed by atoms with Gasteiger partial charge in [-0.3, -0.25) is 0 Å². The van der Waals surface area contributed by atoms with E-state index in [0.717, 1.165) is 5.56 Å². The highest BCUT2D eigenvalue weighted by molar-refractivity contribution is 7.90. The number of ether oxygens (including phenoxy) is 2. The molecule has 5 nitrogen and oxygen atoms in total. The van der Waals surface area contributed by atoms with Gasteiger partial charge in [0.25, 0.3) is 0 Å². The van der Waals surface area contributed by atoms with Crippen LogP contribution in [0.1, 0.15) is 45.7 Å². The molecule has 0 amide bonds. The molecular formula is C16H24N2O3S. The maximum atomic E-state index is 12.3. The van der Waals surface area contributed by atoms with E-state index in [0.29, 0.717) is 18.1 Å². The van der Waals surface area contributed by atoms with Crippen molar-refractivity contribution in [1.29, 1.82) is 5.26 Å². The number of nitriles is 1. The molecule has 0 saturated heterocycles. The fourth-order valence-electron chi connectivity index (χ4n) is 1.80. The number of methoxy groups -OCH3 is 1. The van der Waals surface area contributed by atoms with Gasteiger partial charge < -0.3 is 14.0 Å². The molecule has 2 atom stereocenters. The van der Waals surface area contributed by atoms with E-state index in [1.165, 1.54) is 0 Å². The third-order valence-electron chi connectivity index (χ3n) is 2.99. The summed E-state index contributed by atoms with van der Waals surface area (Å²) in [6, 6.07) is 7.30. The van der Waals surface area contributed by atoms with Crippen molar-refractivity contribution in [3.05, 3.63) is 23.8 Å². The lowest BCUT2D eigenvalue weighted by molar-refractivity contribution is 0.310. The highest BCUT2D eigenvalue weighted by Crippen LogP contribution is 2.32. The predicted octanol–water partition coefficient (Wildman–Crippen LogP) is 3.10. The average Bonchev–Trinajstić information content (AvgIpc) is 2.46. The van der Waals surface area contributed by atoms with Crippen LogP contribution in [0.15, 0.2) is 18.2 Å². The van der Waals surface area contributed by atoms with E-state index >= 15 is 0 Å². The Morgan fingerprint density at radius 2 is 2.05 bits per heavy atom. The van der Waals surface area contributed by atoms with Crippen molar-refractivity contribution in [3.63, 3.8) is 0 Å². The lowest BCUT2D eigenvalue weighted by Gasteiger charge is -2.27. The van der Waals surface area contributed by atoms with Crippen LogP contribution in [0.25, 0.3) is 0 Å². The number of rotatable bonds is 7. The molecule has 0 aliphatic rings. The molecule has 0 aromatic heterocycles. The van der Waals surface area contributed by atoms with Crippen LogP contribution in [0.2, 0.25) is 0 Å². The van der Waals surface area contributed by atoms with E-state index in [4.69, 9.17) is 14.7 Å². The maximum Gasteiger partial charge on any atom is 0.161 e. The SMILES string of the molecule is CCOc1cc([C@@H](CC#N)N[S@+]([O-])C(C)(C)C)ccc1OC. The summed E-state index contributed by atoms with van der Waals surface area (Å²) in [5, 5.41) is 9.04. The Bertz CT molecular complexity index is 523. The van der Waals surface area contributed by atoms with Crippen LogP contribution in [0.4, 0.5) is 0 Å². The van der Waals surface area contributed by atoms with Crippen LogP contribution in [-0.4, -0.2) is 23.0 Å². The first-order valence-corrected chi connectivity index (χ1v) is 8.34. The molecule has 6 heteroatoms. The lowest BCUT2D eigenvalue weighted by atomic mass is 10.0. The second-order valence-corrected chi connectivity index (χ2v) is 7.75. The fourth-order valence-corrected chi connectivity index (χ4v) is 2.63. The van der Waals surface area contributed by atoms with Crippen molar-refractivity contribution in [2.75, 3.05) is 13.7 Å². The molecule has 0 fully saturated rings. The van der Waals surface area contributed by atoms with Crippen LogP contribution >= 0.6 is 0 Å². The molecule has 0 unspecified atom stereocenters. The fraction of sp³-hybridized carbons (Fsp3) is 0.562. The number of nitrogens with zero attached hydrogens (tertiary/aromatic N) is 1. The van der Waals surface area contributed by atoms with Crippen LogP contribution in [0.5, 0.6) is 11.5 Å². The zero-order chi connectivity index (χ0) is 16.8. The number of hydrogen-bond acceptors (Lipinski definition) is 5. The average molecular weight is 324 g/mol. The Balaban J connectivity index is 3.05. The van der Waals surface area contributed by atoms with Gasteiger partial charge in [-0.2, -0.15) is 5.26 Å². The van der Waals surface area contributed by atoms with Crippen molar-refractivity contribution in [2.24, 2.45) is 0 Å². The molecule has 0 spiro atoms. The number of benzene rings is 1. The molecule has 0 radical (unpaired) electrons. The third kappa shape index (κ3) is 5.09. The normalized spacial score (nSPS) is 14.0. The summed E-state index contributed by atoms with van der Waals surface area (Å²) in [6.45, 7) is 8.08. The maximum absolute atomic E-state index is 12.3. The molecule has 1 rings (SSSR count). The molecule has 122 valence electrons. The van der Waals surface area contributed by atoms with Gasteiger partial charge in [0.15, 0.2) is 11.5 Å². The van der Waals surface area contributed by atoms with Gasteiger partial charge in [0.05, 0.1) is 32.2 Å². The van der Waals surface area contributed by atoms with Crippen molar-refractivity contribution >= 4 is 11.4 Å². The monoisotopic (exact) mass is 324 g/mol. The smallest absolute Gasteiger partial charge is 0.161 e. The second kappa shape index (κ2) is 8.28. The zero-order valence-corrected chi connectivity index (χ0v) is 14.6. The predicted molar refractivity (Wildman–Crippen MR) is 88.2 cm³/mol. The number of hydrogen-bond donors (Lipinski definition) is 1. The van der Waals surface area contributed by atoms with Crippen LogP contribution in [0.3, 0.4) is 0 Å². The molecule has 1 aromatic rings. The van der Waals surface area contributed by atoms with E-state index in [9.17, 15) is 4.55 Å². The molecule has 0 aliphatic carbocycles. The molecular weight excluding hydrogens is 300 g/mol. The Labute approximate surface area is 135 Å². The molecule has 0 aliphatic heterocycles. The summed E-state index contributed by atoms with van der Waals surface area (Å²) in [6.07, 6.45) is 0.222. The van der Waals surface area contributed by atoms with E-state index in [1.54, 1.807) is 13.2 Å². The third-order valence-corrected chi connectivity index (χ3v) is 4.60. The van der Waals surface area contributed by atoms with Gasteiger partial charge in [-0.1, -0.05) is 6.07 Å². The highest BCUT2D eigenvalue weighted by Gasteiger charge is 2.30.